The van der Waals surface area contributed by atoms with E-state index in [2.05, 4.69) is 5.32 Å². The van der Waals surface area contributed by atoms with E-state index in [4.69, 9.17) is 10.5 Å². The molecule has 0 saturated heterocycles. The van der Waals surface area contributed by atoms with E-state index in [-0.39, 0.29) is 18.0 Å². The Morgan fingerprint density at radius 2 is 1.89 bits per heavy atom. The van der Waals surface area contributed by atoms with Gasteiger partial charge in [-0.2, -0.15) is 0 Å². The van der Waals surface area contributed by atoms with Crippen molar-refractivity contribution < 1.29 is 9.53 Å². The highest BCUT2D eigenvalue weighted by atomic mass is 16.5. The third-order valence-electron chi connectivity index (χ3n) is 2.45. The number of amides is 1. The molecule has 1 atom stereocenters. The minimum Gasteiger partial charge on any atom is -0.493 e. The summed E-state index contributed by atoms with van der Waals surface area (Å²) in [4.78, 5) is 11.4. The predicted molar refractivity (Wildman–Crippen MR) is 72.4 cm³/mol. The van der Waals surface area contributed by atoms with Gasteiger partial charge in [-0.25, -0.2) is 0 Å². The van der Waals surface area contributed by atoms with Crippen LogP contribution in [0.3, 0.4) is 0 Å². The van der Waals surface area contributed by atoms with Gasteiger partial charge < -0.3 is 15.8 Å². The third-order valence-corrected chi connectivity index (χ3v) is 2.45. The zero-order valence-corrected chi connectivity index (χ0v) is 11.3. The molecule has 18 heavy (non-hydrogen) atoms. The zero-order chi connectivity index (χ0) is 13.5. The van der Waals surface area contributed by atoms with Crippen LogP contribution in [0.15, 0.2) is 24.3 Å². The molecule has 0 unspecified atom stereocenters. The highest BCUT2D eigenvalue weighted by Gasteiger charge is 2.04. The first kappa shape index (κ1) is 14.5. The molecule has 4 heteroatoms. The molecule has 0 radical (unpaired) electrons. The van der Waals surface area contributed by atoms with Crippen LogP contribution in [0.4, 0.5) is 0 Å². The molecule has 1 amide bonds. The summed E-state index contributed by atoms with van der Waals surface area (Å²) in [5.74, 6) is 0.772. The molecule has 0 aliphatic heterocycles. The Balaban J connectivity index is 2.33. The van der Waals surface area contributed by atoms with E-state index >= 15 is 0 Å². The molecule has 1 aromatic rings. The second-order valence-corrected chi connectivity index (χ2v) is 4.68. The first-order valence-electron chi connectivity index (χ1n) is 6.26. The number of benzene rings is 1. The molecule has 0 spiro atoms. The number of nitrogens with two attached hydrogens (primary N) is 1. The molecule has 1 aromatic carbocycles. The van der Waals surface area contributed by atoms with Gasteiger partial charge in [0.2, 0.25) is 5.91 Å². The Morgan fingerprint density at radius 1 is 1.28 bits per heavy atom. The van der Waals surface area contributed by atoms with Crippen LogP contribution < -0.4 is 15.8 Å². The normalized spacial score (nSPS) is 12.3. The lowest BCUT2D eigenvalue weighted by atomic mass is 10.1. The fourth-order valence-electron chi connectivity index (χ4n) is 1.52. The summed E-state index contributed by atoms with van der Waals surface area (Å²) in [5.41, 5.74) is 6.83. The molecule has 0 aliphatic rings. The summed E-state index contributed by atoms with van der Waals surface area (Å²) in [6.07, 6.45) is 0.368. The number of hydrogen-bond acceptors (Lipinski definition) is 3. The molecule has 0 fully saturated rings. The van der Waals surface area contributed by atoms with Gasteiger partial charge in [0.1, 0.15) is 5.75 Å². The SMILES string of the molecule is CC(C)NC(=O)CCOc1ccc([C@H](C)N)cc1. The molecule has 0 saturated carbocycles. The summed E-state index contributed by atoms with van der Waals surface area (Å²) < 4.78 is 5.49. The number of ether oxygens (including phenoxy) is 1. The molecular formula is C14H22N2O2. The molecule has 1 rings (SSSR count). The monoisotopic (exact) mass is 250 g/mol. The molecule has 0 aliphatic carbocycles. The van der Waals surface area contributed by atoms with Gasteiger partial charge in [0, 0.05) is 12.1 Å². The van der Waals surface area contributed by atoms with E-state index in [1.807, 2.05) is 45.0 Å². The molecule has 3 N–H and O–H groups in total. The molecule has 4 nitrogen and oxygen atoms in total. The molecular weight excluding hydrogens is 228 g/mol. The highest BCUT2D eigenvalue weighted by molar-refractivity contribution is 5.76. The minimum absolute atomic E-state index is 0.0113. The van der Waals surface area contributed by atoms with Gasteiger partial charge in [-0.15, -0.1) is 0 Å². The molecule has 0 aromatic heterocycles. The average molecular weight is 250 g/mol. The van der Waals surface area contributed by atoms with Crippen molar-refractivity contribution in [3.05, 3.63) is 29.8 Å². The van der Waals surface area contributed by atoms with E-state index in [1.165, 1.54) is 0 Å². The van der Waals surface area contributed by atoms with Crippen molar-refractivity contribution in [1.82, 2.24) is 5.32 Å². The number of carbonyl (C=O) groups is 1. The zero-order valence-electron chi connectivity index (χ0n) is 11.3. The number of nitrogens with one attached hydrogen (secondary N) is 1. The van der Waals surface area contributed by atoms with Crippen molar-refractivity contribution in [1.29, 1.82) is 0 Å². The molecule has 0 bridgehead atoms. The fourth-order valence-corrected chi connectivity index (χ4v) is 1.52. The van der Waals surface area contributed by atoms with Gasteiger partial charge in [-0.1, -0.05) is 12.1 Å². The van der Waals surface area contributed by atoms with Crippen LogP contribution >= 0.6 is 0 Å². The Kier molecular flexibility index (Phi) is 5.65. The lowest BCUT2D eigenvalue weighted by Crippen LogP contribution is -2.31. The number of hydrogen-bond donors (Lipinski definition) is 2. The summed E-state index contributed by atoms with van der Waals surface area (Å²) in [6, 6.07) is 7.82. The highest BCUT2D eigenvalue weighted by Crippen LogP contribution is 2.16. The summed E-state index contributed by atoms with van der Waals surface area (Å²) in [7, 11) is 0. The van der Waals surface area contributed by atoms with Gasteiger partial charge in [-0.05, 0) is 38.5 Å². The van der Waals surface area contributed by atoms with Crippen molar-refractivity contribution in [2.75, 3.05) is 6.61 Å². The standard InChI is InChI=1S/C14H22N2O2/c1-10(2)16-14(17)8-9-18-13-6-4-12(5-7-13)11(3)15/h4-7,10-11H,8-9,15H2,1-3H3,(H,16,17)/t11-/m0/s1. The van der Waals surface area contributed by atoms with Crippen LogP contribution in [0.25, 0.3) is 0 Å². The maximum atomic E-state index is 11.4. The second-order valence-electron chi connectivity index (χ2n) is 4.68. The maximum Gasteiger partial charge on any atom is 0.223 e. The molecule has 0 heterocycles. The summed E-state index contributed by atoms with van der Waals surface area (Å²) in [5, 5.41) is 2.82. The van der Waals surface area contributed by atoms with Gasteiger partial charge in [0.15, 0.2) is 0 Å². The number of carbonyl (C=O) groups excluding carboxylic acids is 1. The van der Waals surface area contributed by atoms with Crippen LogP contribution in [-0.4, -0.2) is 18.6 Å². The predicted octanol–water partition coefficient (Wildman–Crippen LogP) is 2.00. The van der Waals surface area contributed by atoms with E-state index in [0.29, 0.717) is 13.0 Å². The van der Waals surface area contributed by atoms with E-state index in [0.717, 1.165) is 11.3 Å². The topological polar surface area (TPSA) is 64.3 Å². The summed E-state index contributed by atoms with van der Waals surface area (Å²) in [6.45, 7) is 6.19. The first-order chi connectivity index (χ1) is 8.49. The van der Waals surface area contributed by atoms with Crippen LogP contribution in [0.1, 0.15) is 38.8 Å². The minimum atomic E-state index is 0.0113. The first-order valence-corrected chi connectivity index (χ1v) is 6.26. The fraction of sp³-hybridized carbons (Fsp3) is 0.500. The lowest BCUT2D eigenvalue weighted by Gasteiger charge is -2.10. The van der Waals surface area contributed by atoms with Gasteiger partial charge >= 0.3 is 0 Å². The Labute approximate surface area is 109 Å². The second kappa shape index (κ2) is 7.01. The van der Waals surface area contributed by atoms with Crippen molar-refractivity contribution in [3.63, 3.8) is 0 Å². The van der Waals surface area contributed by atoms with Crippen molar-refractivity contribution in [3.8, 4) is 5.75 Å². The maximum absolute atomic E-state index is 11.4. The average Bonchev–Trinajstić information content (AvgIpc) is 2.28. The quantitative estimate of drug-likeness (QED) is 0.811. The van der Waals surface area contributed by atoms with Crippen molar-refractivity contribution in [2.24, 2.45) is 5.73 Å². The Bertz CT molecular complexity index is 372. The smallest absolute Gasteiger partial charge is 0.223 e. The van der Waals surface area contributed by atoms with Crippen LogP contribution in [-0.2, 0) is 4.79 Å². The van der Waals surface area contributed by atoms with Gasteiger partial charge in [-0.3, -0.25) is 4.79 Å². The van der Waals surface area contributed by atoms with Gasteiger partial charge in [0.25, 0.3) is 0 Å². The third kappa shape index (κ3) is 5.19. The van der Waals surface area contributed by atoms with E-state index in [1.54, 1.807) is 0 Å². The van der Waals surface area contributed by atoms with E-state index < -0.39 is 0 Å². The van der Waals surface area contributed by atoms with Gasteiger partial charge in [0.05, 0.1) is 13.0 Å². The summed E-state index contributed by atoms with van der Waals surface area (Å²) >= 11 is 0. The number of rotatable bonds is 6. The largest absolute Gasteiger partial charge is 0.493 e. The molecule has 100 valence electrons. The lowest BCUT2D eigenvalue weighted by molar-refractivity contribution is -0.122. The Hall–Kier alpha value is -1.55. The van der Waals surface area contributed by atoms with Crippen LogP contribution in [0.2, 0.25) is 0 Å². The van der Waals surface area contributed by atoms with Crippen molar-refractivity contribution in [2.45, 2.75) is 39.3 Å². The van der Waals surface area contributed by atoms with Crippen LogP contribution in [0, 0.1) is 0 Å². The van der Waals surface area contributed by atoms with Crippen molar-refractivity contribution >= 4 is 5.91 Å². The van der Waals surface area contributed by atoms with Crippen LogP contribution in [0.5, 0.6) is 5.75 Å². The van der Waals surface area contributed by atoms with E-state index in [9.17, 15) is 4.79 Å². The Morgan fingerprint density at radius 3 is 2.39 bits per heavy atom.